The van der Waals surface area contributed by atoms with Crippen LogP contribution in [0.1, 0.15) is 18.9 Å². The van der Waals surface area contributed by atoms with Crippen LogP contribution in [-0.2, 0) is 11.0 Å². The standard InChI is InChI=1S/C20H16F3N3O2/c1-2-18(27)25-16-5-3-4-13(10-16)14-11-19(28)26(24-12-14)17-8-6-15(7-9-17)20(21,22)23/h3-12H,2H2,1H3,(H,25,27). The molecule has 0 aliphatic carbocycles. The van der Waals surface area contributed by atoms with Gasteiger partial charge in [-0.3, -0.25) is 9.59 Å². The van der Waals surface area contributed by atoms with Gasteiger partial charge in [0.1, 0.15) is 0 Å². The molecule has 0 radical (unpaired) electrons. The Morgan fingerprint density at radius 1 is 1.07 bits per heavy atom. The number of hydrogen-bond donors (Lipinski definition) is 1. The van der Waals surface area contributed by atoms with Crippen LogP contribution in [0.4, 0.5) is 18.9 Å². The van der Waals surface area contributed by atoms with Gasteiger partial charge in [-0.1, -0.05) is 19.1 Å². The van der Waals surface area contributed by atoms with E-state index < -0.39 is 17.3 Å². The van der Waals surface area contributed by atoms with Crippen LogP contribution in [0.2, 0.25) is 0 Å². The van der Waals surface area contributed by atoms with Gasteiger partial charge in [-0.25, -0.2) is 0 Å². The lowest BCUT2D eigenvalue weighted by atomic mass is 10.1. The van der Waals surface area contributed by atoms with Gasteiger partial charge in [-0.2, -0.15) is 23.0 Å². The summed E-state index contributed by atoms with van der Waals surface area (Å²) in [5.41, 5.74) is 0.746. The second-order valence-corrected chi connectivity index (χ2v) is 6.02. The van der Waals surface area contributed by atoms with Crippen LogP contribution in [0, 0.1) is 0 Å². The van der Waals surface area contributed by atoms with Crippen LogP contribution in [0.25, 0.3) is 16.8 Å². The Morgan fingerprint density at radius 3 is 2.39 bits per heavy atom. The maximum Gasteiger partial charge on any atom is 0.416 e. The van der Waals surface area contributed by atoms with Gasteiger partial charge in [0.05, 0.1) is 17.4 Å². The summed E-state index contributed by atoms with van der Waals surface area (Å²) in [6, 6.07) is 12.5. The zero-order valence-electron chi connectivity index (χ0n) is 14.8. The molecule has 1 N–H and O–H groups in total. The molecule has 8 heteroatoms. The average Bonchev–Trinajstić information content (AvgIpc) is 2.67. The Kier molecular flexibility index (Phi) is 5.30. The summed E-state index contributed by atoms with van der Waals surface area (Å²) in [5.74, 6) is -0.131. The first kappa shape index (κ1) is 19.3. The van der Waals surface area contributed by atoms with Gasteiger partial charge in [-0.15, -0.1) is 0 Å². The van der Waals surface area contributed by atoms with Gasteiger partial charge in [0.25, 0.3) is 5.56 Å². The van der Waals surface area contributed by atoms with Crippen molar-refractivity contribution in [1.29, 1.82) is 0 Å². The van der Waals surface area contributed by atoms with Crippen molar-refractivity contribution in [3.63, 3.8) is 0 Å². The quantitative estimate of drug-likeness (QED) is 0.727. The van der Waals surface area contributed by atoms with Crippen molar-refractivity contribution >= 4 is 11.6 Å². The van der Waals surface area contributed by atoms with Gasteiger partial charge >= 0.3 is 6.18 Å². The van der Waals surface area contributed by atoms with Gasteiger partial charge in [-0.05, 0) is 42.0 Å². The van der Waals surface area contributed by atoms with Crippen LogP contribution in [-0.4, -0.2) is 15.7 Å². The minimum Gasteiger partial charge on any atom is -0.326 e. The summed E-state index contributed by atoms with van der Waals surface area (Å²) in [4.78, 5) is 23.9. The summed E-state index contributed by atoms with van der Waals surface area (Å²) in [7, 11) is 0. The zero-order chi connectivity index (χ0) is 20.3. The molecule has 0 fully saturated rings. The number of nitrogens with one attached hydrogen (secondary N) is 1. The largest absolute Gasteiger partial charge is 0.416 e. The van der Waals surface area contributed by atoms with Gasteiger partial charge in [0, 0.05) is 23.7 Å². The van der Waals surface area contributed by atoms with Crippen molar-refractivity contribution in [3.05, 3.63) is 76.7 Å². The van der Waals surface area contributed by atoms with E-state index in [0.717, 1.165) is 16.8 Å². The van der Waals surface area contributed by atoms with Crippen molar-refractivity contribution in [3.8, 4) is 16.8 Å². The highest BCUT2D eigenvalue weighted by Crippen LogP contribution is 2.29. The molecular weight excluding hydrogens is 371 g/mol. The predicted octanol–water partition coefficient (Wildman–Crippen LogP) is 4.27. The minimum absolute atomic E-state index is 0.131. The molecule has 0 aliphatic heterocycles. The number of amides is 1. The van der Waals surface area contributed by atoms with Crippen LogP contribution in [0.15, 0.2) is 65.6 Å². The summed E-state index contributed by atoms with van der Waals surface area (Å²) in [6.07, 6.45) is -2.66. The number of rotatable bonds is 4. The smallest absolute Gasteiger partial charge is 0.326 e. The number of carbonyl (C=O) groups is 1. The maximum atomic E-state index is 12.7. The molecule has 0 spiro atoms. The van der Waals surface area contributed by atoms with Gasteiger partial charge in [0.15, 0.2) is 0 Å². The highest BCUT2D eigenvalue weighted by molar-refractivity contribution is 5.91. The SMILES string of the molecule is CCC(=O)Nc1cccc(-c2cnn(-c3ccc(C(F)(F)F)cc3)c(=O)c2)c1. The summed E-state index contributed by atoms with van der Waals surface area (Å²) in [6.45, 7) is 1.74. The van der Waals surface area contributed by atoms with E-state index in [-0.39, 0.29) is 11.6 Å². The van der Waals surface area contributed by atoms with Crippen molar-refractivity contribution in [1.82, 2.24) is 9.78 Å². The highest BCUT2D eigenvalue weighted by Gasteiger charge is 2.30. The second-order valence-electron chi connectivity index (χ2n) is 6.02. The highest BCUT2D eigenvalue weighted by atomic mass is 19.4. The Bertz CT molecular complexity index is 1060. The first-order valence-corrected chi connectivity index (χ1v) is 8.45. The van der Waals surface area contributed by atoms with Crippen LogP contribution in [0.3, 0.4) is 0 Å². The number of hydrogen-bond acceptors (Lipinski definition) is 3. The molecule has 3 aromatic rings. The minimum atomic E-state index is -4.45. The van der Waals surface area contributed by atoms with Crippen molar-refractivity contribution in [2.75, 3.05) is 5.32 Å². The summed E-state index contributed by atoms with van der Waals surface area (Å²) >= 11 is 0. The Balaban J connectivity index is 1.90. The number of benzene rings is 2. The van der Waals surface area contributed by atoms with Crippen LogP contribution in [0.5, 0.6) is 0 Å². The fourth-order valence-electron chi connectivity index (χ4n) is 2.58. The fourth-order valence-corrected chi connectivity index (χ4v) is 2.58. The third-order valence-corrected chi connectivity index (χ3v) is 4.04. The third kappa shape index (κ3) is 4.28. The van der Waals surface area contributed by atoms with E-state index >= 15 is 0 Å². The zero-order valence-corrected chi connectivity index (χ0v) is 14.8. The van der Waals surface area contributed by atoms with Crippen molar-refractivity contribution in [2.24, 2.45) is 0 Å². The summed E-state index contributed by atoms with van der Waals surface area (Å²) < 4.78 is 39.0. The molecular formula is C20H16F3N3O2. The molecule has 1 aromatic heterocycles. The monoisotopic (exact) mass is 387 g/mol. The van der Waals surface area contributed by atoms with E-state index in [1.165, 1.54) is 24.4 Å². The van der Waals surface area contributed by atoms with Crippen LogP contribution >= 0.6 is 0 Å². The molecule has 5 nitrogen and oxygen atoms in total. The van der Waals surface area contributed by atoms with Crippen molar-refractivity contribution in [2.45, 2.75) is 19.5 Å². The lowest BCUT2D eigenvalue weighted by Gasteiger charge is -2.10. The Morgan fingerprint density at radius 2 is 1.79 bits per heavy atom. The number of anilines is 1. The lowest BCUT2D eigenvalue weighted by molar-refractivity contribution is -0.137. The molecule has 0 saturated heterocycles. The molecule has 0 bridgehead atoms. The van der Waals surface area contributed by atoms with E-state index in [9.17, 15) is 22.8 Å². The molecule has 1 amide bonds. The van der Waals surface area contributed by atoms with Crippen LogP contribution < -0.4 is 10.9 Å². The van der Waals surface area contributed by atoms with E-state index in [2.05, 4.69) is 10.4 Å². The van der Waals surface area contributed by atoms with Gasteiger partial charge in [0.2, 0.25) is 5.91 Å². The first-order valence-electron chi connectivity index (χ1n) is 8.45. The normalized spacial score (nSPS) is 11.3. The number of nitrogens with zero attached hydrogens (tertiary/aromatic N) is 2. The predicted molar refractivity (Wildman–Crippen MR) is 99.2 cm³/mol. The Hall–Kier alpha value is -3.42. The number of aromatic nitrogens is 2. The number of carbonyl (C=O) groups excluding carboxylic acids is 1. The molecule has 28 heavy (non-hydrogen) atoms. The molecule has 144 valence electrons. The molecule has 0 unspecified atom stereocenters. The topological polar surface area (TPSA) is 64.0 Å². The van der Waals surface area contributed by atoms with Gasteiger partial charge < -0.3 is 5.32 Å². The van der Waals surface area contributed by atoms with E-state index in [1.807, 2.05) is 0 Å². The maximum absolute atomic E-state index is 12.7. The molecule has 0 atom stereocenters. The summed E-state index contributed by atoms with van der Waals surface area (Å²) in [5, 5.41) is 6.80. The molecule has 3 rings (SSSR count). The van der Waals surface area contributed by atoms with Crippen molar-refractivity contribution < 1.29 is 18.0 Å². The molecule has 0 saturated carbocycles. The molecule has 2 aromatic carbocycles. The molecule has 0 aliphatic rings. The average molecular weight is 387 g/mol. The molecule has 1 heterocycles. The number of alkyl halides is 3. The Labute approximate surface area is 158 Å². The van der Waals surface area contributed by atoms with E-state index in [1.54, 1.807) is 31.2 Å². The fraction of sp³-hybridized carbons (Fsp3) is 0.150. The van der Waals surface area contributed by atoms with E-state index in [4.69, 9.17) is 0 Å². The lowest BCUT2D eigenvalue weighted by Crippen LogP contribution is -2.20. The third-order valence-electron chi connectivity index (χ3n) is 4.04. The van der Waals surface area contributed by atoms with E-state index in [0.29, 0.717) is 23.2 Å². The first-order chi connectivity index (χ1) is 13.3. The second kappa shape index (κ2) is 7.67. The number of halogens is 3.